The minimum Gasteiger partial charge on any atom is -0.387 e. The van der Waals surface area contributed by atoms with E-state index in [1.807, 2.05) is 18.2 Å². The van der Waals surface area contributed by atoms with Gasteiger partial charge in [-0.05, 0) is 25.0 Å². The molecular formula is C11H11N3. The Kier molecular flexibility index (Phi) is 2.46. The van der Waals surface area contributed by atoms with Crippen LogP contribution >= 0.6 is 0 Å². The first-order chi connectivity index (χ1) is 6.92. The Morgan fingerprint density at radius 2 is 2.43 bits per heavy atom. The molecule has 0 saturated carbocycles. The van der Waals surface area contributed by atoms with Crippen molar-refractivity contribution in [3.05, 3.63) is 35.8 Å². The highest BCUT2D eigenvalue weighted by Crippen LogP contribution is 2.20. The maximum Gasteiger partial charge on any atom is 0.103 e. The molecule has 0 bridgehead atoms. The summed E-state index contributed by atoms with van der Waals surface area (Å²) in [6.45, 7) is 0.966. The molecule has 3 heteroatoms. The third-order valence-electron chi connectivity index (χ3n) is 2.28. The van der Waals surface area contributed by atoms with E-state index in [1.54, 1.807) is 6.20 Å². The monoisotopic (exact) mass is 185 g/mol. The van der Waals surface area contributed by atoms with Gasteiger partial charge in [-0.2, -0.15) is 5.26 Å². The molecule has 3 nitrogen and oxygen atoms in total. The van der Waals surface area contributed by atoms with Crippen molar-refractivity contribution in [2.24, 2.45) is 0 Å². The van der Waals surface area contributed by atoms with Gasteiger partial charge in [0.2, 0.25) is 0 Å². The summed E-state index contributed by atoms with van der Waals surface area (Å²) >= 11 is 0. The second-order valence-corrected chi connectivity index (χ2v) is 3.21. The van der Waals surface area contributed by atoms with Gasteiger partial charge in [-0.15, -0.1) is 0 Å². The Morgan fingerprint density at radius 1 is 1.50 bits per heavy atom. The molecule has 0 atom stereocenters. The van der Waals surface area contributed by atoms with Crippen molar-refractivity contribution in [1.82, 2.24) is 10.3 Å². The van der Waals surface area contributed by atoms with E-state index in [-0.39, 0.29) is 0 Å². The molecule has 1 aliphatic heterocycles. The van der Waals surface area contributed by atoms with Crippen LogP contribution in [0.4, 0.5) is 0 Å². The highest BCUT2D eigenvalue weighted by atomic mass is 14.9. The van der Waals surface area contributed by atoms with E-state index in [9.17, 15) is 0 Å². The van der Waals surface area contributed by atoms with Gasteiger partial charge in [0.1, 0.15) is 6.07 Å². The van der Waals surface area contributed by atoms with Crippen LogP contribution < -0.4 is 5.32 Å². The van der Waals surface area contributed by atoms with Crippen molar-refractivity contribution >= 4 is 5.57 Å². The van der Waals surface area contributed by atoms with Gasteiger partial charge in [-0.1, -0.05) is 6.07 Å². The normalized spacial score (nSPS) is 18.5. The van der Waals surface area contributed by atoms with Crippen molar-refractivity contribution in [1.29, 1.82) is 5.26 Å². The van der Waals surface area contributed by atoms with E-state index in [1.165, 1.54) is 0 Å². The molecule has 1 aliphatic rings. The molecule has 0 spiro atoms. The molecule has 0 aliphatic carbocycles. The van der Waals surface area contributed by atoms with Crippen LogP contribution in [0.15, 0.2) is 30.1 Å². The minimum atomic E-state index is 0.683. The third kappa shape index (κ3) is 1.60. The molecule has 2 rings (SSSR count). The summed E-state index contributed by atoms with van der Waals surface area (Å²) in [5, 5.41) is 12.3. The van der Waals surface area contributed by atoms with E-state index >= 15 is 0 Å². The number of pyridine rings is 1. The van der Waals surface area contributed by atoms with E-state index < -0.39 is 0 Å². The predicted octanol–water partition coefficient (Wildman–Crippen LogP) is 1.70. The maximum absolute atomic E-state index is 9.05. The van der Waals surface area contributed by atoms with Crippen LogP contribution in [0.3, 0.4) is 0 Å². The summed E-state index contributed by atoms with van der Waals surface area (Å²) in [7, 11) is 0. The van der Waals surface area contributed by atoms with Gasteiger partial charge in [0.05, 0.1) is 11.3 Å². The summed E-state index contributed by atoms with van der Waals surface area (Å²) in [4.78, 5) is 4.17. The quantitative estimate of drug-likeness (QED) is 0.677. The van der Waals surface area contributed by atoms with Crippen molar-refractivity contribution in [3.63, 3.8) is 0 Å². The maximum atomic E-state index is 9.05. The van der Waals surface area contributed by atoms with Crippen LogP contribution in [0.5, 0.6) is 0 Å². The molecule has 2 heterocycles. The molecule has 1 saturated heterocycles. The molecule has 0 aromatic carbocycles. The number of hydrogen-bond acceptors (Lipinski definition) is 3. The first-order valence-electron chi connectivity index (χ1n) is 4.70. The number of hydrogen-bond donors (Lipinski definition) is 1. The molecule has 1 aromatic heterocycles. The fourth-order valence-electron chi connectivity index (χ4n) is 1.60. The van der Waals surface area contributed by atoms with Crippen LogP contribution in [-0.2, 0) is 0 Å². The van der Waals surface area contributed by atoms with E-state index in [2.05, 4.69) is 16.4 Å². The summed E-state index contributed by atoms with van der Waals surface area (Å²) in [5.74, 6) is 0. The third-order valence-corrected chi connectivity index (χ3v) is 2.28. The van der Waals surface area contributed by atoms with Gasteiger partial charge >= 0.3 is 0 Å². The van der Waals surface area contributed by atoms with Crippen LogP contribution in [0, 0.1) is 11.3 Å². The van der Waals surface area contributed by atoms with Crippen LogP contribution in [0.25, 0.3) is 5.57 Å². The Hall–Kier alpha value is -1.82. The number of nitrogens with zero attached hydrogens (tertiary/aromatic N) is 2. The SMILES string of the molecule is N#CC(=C1CCCN1)c1ccccn1. The van der Waals surface area contributed by atoms with Gasteiger partial charge in [0, 0.05) is 18.4 Å². The second-order valence-electron chi connectivity index (χ2n) is 3.21. The number of nitrogens with one attached hydrogen (secondary N) is 1. The second kappa shape index (κ2) is 3.93. The zero-order valence-corrected chi connectivity index (χ0v) is 7.83. The summed E-state index contributed by atoms with van der Waals surface area (Å²) in [5.41, 5.74) is 2.48. The number of aromatic nitrogens is 1. The van der Waals surface area contributed by atoms with E-state index in [0.29, 0.717) is 5.57 Å². The lowest BCUT2D eigenvalue weighted by Crippen LogP contribution is -2.06. The fourth-order valence-corrected chi connectivity index (χ4v) is 1.60. The fraction of sp³-hybridized carbons (Fsp3) is 0.273. The van der Waals surface area contributed by atoms with Gasteiger partial charge < -0.3 is 5.32 Å². The van der Waals surface area contributed by atoms with Crippen molar-refractivity contribution in [2.75, 3.05) is 6.54 Å². The molecule has 0 unspecified atom stereocenters. The van der Waals surface area contributed by atoms with Crippen molar-refractivity contribution in [2.45, 2.75) is 12.8 Å². The predicted molar refractivity (Wildman–Crippen MR) is 54.0 cm³/mol. The molecule has 0 amide bonds. The Labute approximate surface area is 83.1 Å². The number of allylic oxidation sites excluding steroid dienone is 2. The lowest BCUT2D eigenvalue weighted by molar-refractivity contribution is 0.904. The zero-order chi connectivity index (χ0) is 9.80. The molecule has 1 aromatic rings. The first-order valence-corrected chi connectivity index (χ1v) is 4.70. The Balaban J connectivity index is 2.40. The number of rotatable bonds is 1. The highest BCUT2D eigenvalue weighted by Gasteiger charge is 2.13. The topological polar surface area (TPSA) is 48.7 Å². The van der Waals surface area contributed by atoms with Crippen molar-refractivity contribution in [3.8, 4) is 6.07 Å². The van der Waals surface area contributed by atoms with Gasteiger partial charge in [-0.3, -0.25) is 4.98 Å². The molecular weight excluding hydrogens is 174 g/mol. The van der Waals surface area contributed by atoms with Crippen LogP contribution in [-0.4, -0.2) is 11.5 Å². The summed E-state index contributed by atoms with van der Waals surface area (Å²) in [6, 6.07) is 7.83. The summed E-state index contributed by atoms with van der Waals surface area (Å²) < 4.78 is 0. The average molecular weight is 185 g/mol. The van der Waals surface area contributed by atoms with Crippen LogP contribution in [0.1, 0.15) is 18.5 Å². The molecule has 0 radical (unpaired) electrons. The Morgan fingerprint density at radius 3 is 3.00 bits per heavy atom. The Bertz CT molecular complexity index is 379. The molecule has 70 valence electrons. The first kappa shape index (κ1) is 8.76. The van der Waals surface area contributed by atoms with Crippen molar-refractivity contribution < 1.29 is 0 Å². The molecule has 1 N–H and O–H groups in total. The smallest absolute Gasteiger partial charge is 0.103 e. The van der Waals surface area contributed by atoms with Gasteiger partial charge in [0.15, 0.2) is 0 Å². The highest BCUT2D eigenvalue weighted by molar-refractivity contribution is 5.77. The van der Waals surface area contributed by atoms with Crippen LogP contribution in [0.2, 0.25) is 0 Å². The standard InChI is InChI=1S/C11H11N3/c12-8-9(11-5-3-7-14-11)10-4-1-2-6-13-10/h1-2,4,6,14H,3,5,7H2. The zero-order valence-electron chi connectivity index (χ0n) is 7.83. The van der Waals surface area contributed by atoms with E-state index in [4.69, 9.17) is 5.26 Å². The lowest BCUT2D eigenvalue weighted by atomic mass is 10.1. The van der Waals surface area contributed by atoms with Gasteiger partial charge in [-0.25, -0.2) is 0 Å². The van der Waals surface area contributed by atoms with Gasteiger partial charge in [0.25, 0.3) is 0 Å². The minimum absolute atomic E-state index is 0.683. The number of nitriles is 1. The largest absolute Gasteiger partial charge is 0.387 e. The lowest BCUT2D eigenvalue weighted by Gasteiger charge is -2.02. The summed E-state index contributed by atoms with van der Waals surface area (Å²) in [6.07, 6.45) is 3.77. The molecule has 14 heavy (non-hydrogen) atoms. The van der Waals surface area contributed by atoms with E-state index in [0.717, 1.165) is 30.8 Å². The average Bonchev–Trinajstić information content (AvgIpc) is 2.74. The molecule has 1 fully saturated rings.